The Balaban J connectivity index is 2.15. The number of pyridine rings is 1. The Morgan fingerprint density at radius 2 is 1.89 bits per heavy atom. The summed E-state index contributed by atoms with van der Waals surface area (Å²) in [6.45, 7) is 4.28. The van der Waals surface area contributed by atoms with Crippen LogP contribution < -0.4 is 15.6 Å². The number of aromatic nitrogens is 1. The average molecular weight is 375 g/mol. The second-order valence-corrected chi connectivity index (χ2v) is 5.80. The van der Waals surface area contributed by atoms with Gasteiger partial charge in [-0.15, -0.1) is 0 Å². The number of ether oxygens (including phenoxy) is 1. The molecule has 0 bridgehead atoms. The maximum Gasteiger partial charge on any atom is 0.274 e. The average Bonchev–Trinajstić information content (AvgIpc) is 2.65. The number of carbonyl (C=O) groups excluding carboxylic acids is 2. The number of benzene rings is 1. The summed E-state index contributed by atoms with van der Waals surface area (Å²) in [5.41, 5.74) is -0.228. The van der Waals surface area contributed by atoms with E-state index in [0.717, 1.165) is 0 Å². The molecule has 0 radical (unpaired) electrons. The lowest BCUT2D eigenvalue weighted by Crippen LogP contribution is -2.33. The van der Waals surface area contributed by atoms with E-state index < -0.39 is 23.9 Å². The Morgan fingerprint density at radius 3 is 2.52 bits per heavy atom. The Kier molecular flexibility index (Phi) is 6.70. The van der Waals surface area contributed by atoms with Crippen LogP contribution in [-0.2, 0) is 11.8 Å². The zero-order valence-electron chi connectivity index (χ0n) is 15.5. The smallest absolute Gasteiger partial charge is 0.274 e. The molecule has 0 fully saturated rings. The highest BCUT2D eigenvalue weighted by atomic mass is 19.1. The van der Waals surface area contributed by atoms with Gasteiger partial charge in [-0.1, -0.05) is 12.1 Å². The molecule has 144 valence electrons. The van der Waals surface area contributed by atoms with Gasteiger partial charge in [0.1, 0.15) is 5.69 Å². The van der Waals surface area contributed by atoms with Crippen molar-refractivity contribution in [2.45, 2.75) is 13.8 Å². The van der Waals surface area contributed by atoms with Crippen molar-refractivity contribution >= 4 is 17.5 Å². The molecule has 0 aliphatic rings. The summed E-state index contributed by atoms with van der Waals surface area (Å²) >= 11 is 0. The maximum absolute atomic E-state index is 13.5. The first kappa shape index (κ1) is 20.2. The van der Waals surface area contributed by atoms with Gasteiger partial charge in [0, 0.05) is 26.3 Å². The molecule has 0 aliphatic carbocycles. The Morgan fingerprint density at radius 1 is 1.22 bits per heavy atom. The molecule has 8 heteroatoms. The van der Waals surface area contributed by atoms with E-state index in [9.17, 15) is 18.8 Å². The van der Waals surface area contributed by atoms with Crippen LogP contribution in [0.2, 0.25) is 0 Å². The van der Waals surface area contributed by atoms with Crippen LogP contribution >= 0.6 is 0 Å². The molecule has 0 spiro atoms. The number of carbonyl (C=O) groups is 2. The first-order valence-electron chi connectivity index (χ1n) is 8.54. The third-order valence-electron chi connectivity index (χ3n) is 3.95. The van der Waals surface area contributed by atoms with E-state index in [1.165, 1.54) is 42.1 Å². The minimum Gasteiger partial charge on any atom is -0.481 e. The van der Waals surface area contributed by atoms with Gasteiger partial charge in [-0.2, -0.15) is 0 Å². The first-order chi connectivity index (χ1) is 12.9. The van der Waals surface area contributed by atoms with E-state index in [1.54, 1.807) is 11.0 Å². The second-order valence-electron chi connectivity index (χ2n) is 5.80. The number of anilines is 1. The normalized spacial score (nSPS) is 10.4. The summed E-state index contributed by atoms with van der Waals surface area (Å²) in [4.78, 5) is 38.4. The van der Waals surface area contributed by atoms with Crippen molar-refractivity contribution in [1.29, 1.82) is 0 Å². The largest absolute Gasteiger partial charge is 0.481 e. The zero-order chi connectivity index (χ0) is 20.0. The highest BCUT2D eigenvalue weighted by Crippen LogP contribution is 2.15. The number of amides is 2. The molecule has 0 atom stereocenters. The van der Waals surface area contributed by atoms with E-state index >= 15 is 0 Å². The van der Waals surface area contributed by atoms with E-state index in [1.807, 2.05) is 13.8 Å². The van der Waals surface area contributed by atoms with Crippen molar-refractivity contribution in [2.75, 3.05) is 25.0 Å². The summed E-state index contributed by atoms with van der Waals surface area (Å²) in [6, 6.07) is 7.03. The van der Waals surface area contributed by atoms with Gasteiger partial charge >= 0.3 is 0 Å². The van der Waals surface area contributed by atoms with E-state index in [4.69, 9.17) is 4.74 Å². The van der Waals surface area contributed by atoms with Gasteiger partial charge in [-0.3, -0.25) is 14.4 Å². The molecule has 2 amide bonds. The Bertz CT molecular complexity index is 891. The number of para-hydroxylation sites is 1. The Hall–Kier alpha value is -3.16. The van der Waals surface area contributed by atoms with Crippen molar-refractivity contribution in [3.63, 3.8) is 0 Å². The fourth-order valence-corrected chi connectivity index (χ4v) is 2.50. The highest BCUT2D eigenvalue weighted by Gasteiger charge is 2.17. The molecule has 2 aromatic rings. The lowest BCUT2D eigenvalue weighted by atomic mass is 10.2. The molecule has 27 heavy (non-hydrogen) atoms. The van der Waals surface area contributed by atoms with Crippen LogP contribution in [0.5, 0.6) is 5.75 Å². The molecule has 7 nitrogen and oxygen atoms in total. The number of hydrogen-bond donors (Lipinski definition) is 1. The molecule has 0 saturated heterocycles. The number of halogens is 1. The lowest BCUT2D eigenvalue weighted by Gasteiger charge is -2.19. The number of nitrogens with one attached hydrogen (secondary N) is 1. The SMILES string of the molecule is CCN(CC)C(=O)c1cc(NC(=O)COc2ccccc2F)c(=O)n(C)c1. The monoisotopic (exact) mass is 375 g/mol. The standard InChI is InChI=1S/C19H22FN3O4/c1-4-23(5-2)18(25)13-10-15(19(26)22(3)11-13)21-17(24)12-27-16-9-7-6-8-14(16)20/h6-11H,4-5,12H2,1-3H3,(H,21,24). The van der Waals surface area contributed by atoms with Gasteiger partial charge in [0.25, 0.3) is 17.4 Å². The van der Waals surface area contributed by atoms with E-state index in [2.05, 4.69) is 5.32 Å². The van der Waals surface area contributed by atoms with Crippen LogP contribution in [0.1, 0.15) is 24.2 Å². The summed E-state index contributed by atoms with van der Waals surface area (Å²) in [5.74, 6) is -1.53. The molecule has 1 aromatic heterocycles. The van der Waals surface area contributed by atoms with Crippen molar-refractivity contribution in [3.05, 3.63) is 58.3 Å². The van der Waals surface area contributed by atoms with Crippen molar-refractivity contribution in [2.24, 2.45) is 7.05 Å². The molecule has 1 N–H and O–H groups in total. The summed E-state index contributed by atoms with van der Waals surface area (Å²) < 4.78 is 19.9. The van der Waals surface area contributed by atoms with Gasteiger partial charge in [0.05, 0.1) is 5.56 Å². The van der Waals surface area contributed by atoms with Gasteiger partial charge in [-0.25, -0.2) is 4.39 Å². The first-order valence-corrected chi connectivity index (χ1v) is 8.54. The molecule has 1 heterocycles. The van der Waals surface area contributed by atoms with E-state index in [0.29, 0.717) is 13.1 Å². The van der Waals surface area contributed by atoms with Crippen LogP contribution in [-0.4, -0.2) is 41.0 Å². The Labute approximate surface area is 156 Å². The molecular weight excluding hydrogens is 353 g/mol. The number of rotatable bonds is 7. The molecule has 0 unspecified atom stereocenters. The zero-order valence-corrected chi connectivity index (χ0v) is 15.5. The van der Waals surface area contributed by atoms with Crippen LogP contribution in [0.3, 0.4) is 0 Å². The lowest BCUT2D eigenvalue weighted by molar-refractivity contribution is -0.118. The third-order valence-corrected chi connectivity index (χ3v) is 3.95. The quantitative estimate of drug-likeness (QED) is 0.803. The van der Waals surface area contributed by atoms with Crippen LogP contribution in [0.4, 0.5) is 10.1 Å². The minimum absolute atomic E-state index is 0.0439. The molecule has 0 saturated carbocycles. The fourth-order valence-electron chi connectivity index (χ4n) is 2.50. The minimum atomic E-state index is -0.636. The second kappa shape index (κ2) is 8.98. The van der Waals surface area contributed by atoms with Crippen molar-refractivity contribution < 1.29 is 18.7 Å². The van der Waals surface area contributed by atoms with Crippen molar-refractivity contribution in [3.8, 4) is 5.75 Å². The van der Waals surface area contributed by atoms with Gasteiger partial charge in [0.15, 0.2) is 18.2 Å². The predicted octanol–water partition coefficient (Wildman–Crippen LogP) is 2.02. The van der Waals surface area contributed by atoms with Crippen LogP contribution in [0.25, 0.3) is 0 Å². The topological polar surface area (TPSA) is 80.6 Å². The third kappa shape index (κ3) is 4.93. The number of nitrogens with zero attached hydrogens (tertiary/aromatic N) is 2. The highest BCUT2D eigenvalue weighted by molar-refractivity contribution is 5.97. The van der Waals surface area contributed by atoms with Gasteiger partial charge in [-0.05, 0) is 32.0 Å². The summed E-state index contributed by atoms with van der Waals surface area (Å²) in [5, 5.41) is 2.42. The number of hydrogen-bond acceptors (Lipinski definition) is 4. The van der Waals surface area contributed by atoms with Crippen molar-refractivity contribution in [1.82, 2.24) is 9.47 Å². The summed E-state index contributed by atoms with van der Waals surface area (Å²) in [7, 11) is 1.49. The molecule has 1 aromatic carbocycles. The predicted molar refractivity (Wildman–Crippen MR) is 99.5 cm³/mol. The van der Waals surface area contributed by atoms with Crippen LogP contribution in [0, 0.1) is 5.82 Å². The molecular formula is C19H22FN3O4. The molecule has 2 rings (SSSR count). The van der Waals surface area contributed by atoms with Gasteiger partial charge < -0.3 is 19.5 Å². The van der Waals surface area contributed by atoms with E-state index in [-0.39, 0.29) is 22.9 Å². The fraction of sp³-hybridized carbons (Fsp3) is 0.316. The number of aryl methyl sites for hydroxylation is 1. The maximum atomic E-state index is 13.5. The van der Waals surface area contributed by atoms with Crippen LogP contribution in [0.15, 0.2) is 41.3 Å². The molecule has 0 aliphatic heterocycles. The summed E-state index contributed by atoms with van der Waals surface area (Å²) in [6.07, 6.45) is 1.43. The van der Waals surface area contributed by atoms with Gasteiger partial charge in [0.2, 0.25) is 0 Å².